The van der Waals surface area contributed by atoms with Crippen molar-refractivity contribution in [1.29, 1.82) is 0 Å². The first kappa shape index (κ1) is 27.6. The lowest BCUT2D eigenvalue weighted by Gasteiger charge is -2.26. The Kier molecular flexibility index (Phi) is 6.78. The molecule has 0 amide bonds. The van der Waals surface area contributed by atoms with Crippen LogP contribution in [0.5, 0.6) is 5.75 Å². The highest BCUT2D eigenvalue weighted by atomic mass is 16.5. The van der Waals surface area contributed by atoms with Gasteiger partial charge in [0, 0.05) is 17.0 Å². The zero-order valence-electron chi connectivity index (χ0n) is 25.8. The molecule has 0 saturated carbocycles. The topological polar surface area (TPSA) is 46.0 Å². The first-order valence-corrected chi connectivity index (χ1v) is 16.4. The molecule has 4 aliphatic rings. The van der Waals surface area contributed by atoms with Gasteiger partial charge in [0.1, 0.15) is 23.5 Å². The number of allylic oxidation sites excluding steroid dienone is 5. The molecule has 0 aromatic heterocycles. The summed E-state index contributed by atoms with van der Waals surface area (Å²) in [5.41, 5.74) is 8.30. The largest absolute Gasteiger partial charge is 0.485 e. The normalized spacial score (nSPS) is 22.4. The second-order valence-electron chi connectivity index (χ2n) is 12.5. The summed E-state index contributed by atoms with van der Waals surface area (Å²) in [6.45, 7) is 0. The fraction of sp³-hybridized carbons (Fsp3) is 0.116. The highest BCUT2D eigenvalue weighted by molar-refractivity contribution is 6.12. The van der Waals surface area contributed by atoms with E-state index in [2.05, 4.69) is 151 Å². The summed E-state index contributed by atoms with van der Waals surface area (Å²) in [4.78, 5) is 10.3. The lowest BCUT2D eigenvalue weighted by Crippen LogP contribution is -2.39. The average Bonchev–Trinajstić information content (AvgIpc) is 3.54. The fourth-order valence-electron chi connectivity index (χ4n) is 7.17. The summed E-state index contributed by atoms with van der Waals surface area (Å²) in [5.74, 6) is 3.18. The van der Waals surface area contributed by atoms with E-state index in [4.69, 9.17) is 14.7 Å². The molecule has 4 nitrogen and oxygen atoms in total. The SMILES string of the molecule is C1=CC[C@@H](C2=NC(c3ccc(-c4ccccc4)cc3)N=C(c3ccc4cc(C5=CC=CC6Oc7ccccc7C56)ccc4c3)N2)C=C1. The number of hydrogen-bond donors (Lipinski definition) is 1. The van der Waals surface area contributed by atoms with Crippen LogP contribution in [0.4, 0.5) is 0 Å². The molecule has 2 aliphatic carbocycles. The van der Waals surface area contributed by atoms with Gasteiger partial charge in [-0.3, -0.25) is 0 Å². The molecule has 0 spiro atoms. The van der Waals surface area contributed by atoms with Crippen molar-refractivity contribution >= 4 is 28.0 Å². The number of nitrogens with zero attached hydrogens (tertiary/aromatic N) is 2. The predicted molar refractivity (Wildman–Crippen MR) is 193 cm³/mol. The molecule has 2 heterocycles. The van der Waals surface area contributed by atoms with Crippen LogP contribution in [-0.4, -0.2) is 17.8 Å². The molecule has 5 aromatic rings. The molecule has 9 rings (SSSR count). The van der Waals surface area contributed by atoms with Gasteiger partial charge in [0.15, 0.2) is 6.17 Å². The smallest absolute Gasteiger partial charge is 0.169 e. The molecule has 0 bridgehead atoms. The van der Waals surface area contributed by atoms with Crippen LogP contribution in [0.1, 0.15) is 40.8 Å². The zero-order valence-corrected chi connectivity index (χ0v) is 25.8. The number of fused-ring (bicyclic) bond motifs is 4. The van der Waals surface area contributed by atoms with Gasteiger partial charge < -0.3 is 10.1 Å². The highest BCUT2D eigenvalue weighted by Gasteiger charge is 2.37. The minimum absolute atomic E-state index is 0.0358. The standard InChI is InChI=1S/C43H33N3O/c1-3-10-28(11-4-1)29-18-20-31(21-19-29)42-44-41(30-12-5-2-6-13-30)45-43(46-42)35-25-23-32-26-34(24-22-33(32)27-35)36-15-9-17-39-40(36)37-14-7-8-16-38(37)47-39/h1-12,14-27,30,39-40,42H,13H2,(H,44,45,46)/t30-,39?,40?,42?/m0/s1. The van der Waals surface area contributed by atoms with Crippen LogP contribution in [0.2, 0.25) is 0 Å². The third-order valence-corrected chi connectivity index (χ3v) is 9.61. The summed E-state index contributed by atoms with van der Waals surface area (Å²) in [5, 5.41) is 6.00. The Bertz CT molecular complexity index is 2190. The minimum atomic E-state index is -0.320. The molecule has 4 atom stereocenters. The van der Waals surface area contributed by atoms with E-state index < -0.39 is 0 Å². The van der Waals surface area contributed by atoms with Gasteiger partial charge in [-0.05, 0) is 69.3 Å². The Labute approximate surface area is 274 Å². The summed E-state index contributed by atoms with van der Waals surface area (Å²) in [7, 11) is 0. The van der Waals surface area contributed by atoms with E-state index in [0.29, 0.717) is 0 Å². The second kappa shape index (κ2) is 11.6. The lowest BCUT2D eigenvalue weighted by atomic mass is 9.81. The molecule has 3 unspecified atom stereocenters. The Balaban J connectivity index is 1.04. The third kappa shape index (κ3) is 5.12. The number of nitrogens with one attached hydrogen (secondary N) is 1. The van der Waals surface area contributed by atoms with E-state index in [1.54, 1.807) is 0 Å². The number of hydrogen-bond acceptors (Lipinski definition) is 4. The van der Waals surface area contributed by atoms with Gasteiger partial charge in [-0.15, -0.1) is 0 Å². The molecule has 0 fully saturated rings. The van der Waals surface area contributed by atoms with Crippen LogP contribution in [0.25, 0.3) is 27.5 Å². The lowest BCUT2D eigenvalue weighted by molar-refractivity contribution is 0.271. The fourth-order valence-corrected chi connectivity index (χ4v) is 7.17. The molecule has 0 radical (unpaired) electrons. The van der Waals surface area contributed by atoms with E-state index in [9.17, 15) is 0 Å². The number of benzene rings is 5. The molecular formula is C43H33N3O. The number of ether oxygens (including phenoxy) is 1. The molecule has 1 N–H and O–H groups in total. The van der Waals surface area contributed by atoms with Crippen LogP contribution in [0, 0.1) is 5.92 Å². The van der Waals surface area contributed by atoms with Crippen LogP contribution in [0.15, 0.2) is 168 Å². The maximum atomic E-state index is 6.29. The number of aliphatic imine (C=N–C) groups is 2. The van der Waals surface area contributed by atoms with Gasteiger partial charge in [-0.25, -0.2) is 9.98 Å². The van der Waals surface area contributed by atoms with Gasteiger partial charge in [0.05, 0.1) is 5.92 Å². The quantitative estimate of drug-likeness (QED) is 0.216. The Morgan fingerprint density at radius 1 is 0.638 bits per heavy atom. The third-order valence-electron chi connectivity index (χ3n) is 9.61. The van der Waals surface area contributed by atoms with Crippen molar-refractivity contribution in [3.05, 3.63) is 180 Å². The van der Waals surface area contributed by atoms with E-state index in [1.807, 2.05) is 12.1 Å². The van der Waals surface area contributed by atoms with Crippen molar-refractivity contribution in [2.75, 3.05) is 0 Å². The number of amidine groups is 2. The summed E-state index contributed by atoms with van der Waals surface area (Å²) < 4.78 is 6.29. The van der Waals surface area contributed by atoms with Crippen LogP contribution >= 0.6 is 0 Å². The van der Waals surface area contributed by atoms with Crippen molar-refractivity contribution in [3.8, 4) is 16.9 Å². The Hall–Kier alpha value is -5.74. The molecule has 2 aliphatic heterocycles. The molecule has 0 saturated heterocycles. The first-order valence-electron chi connectivity index (χ1n) is 16.4. The molecule has 4 heteroatoms. The van der Waals surface area contributed by atoms with Gasteiger partial charge in [-0.2, -0.15) is 0 Å². The molecule has 226 valence electrons. The maximum absolute atomic E-state index is 6.29. The van der Waals surface area contributed by atoms with Gasteiger partial charge >= 0.3 is 0 Å². The van der Waals surface area contributed by atoms with Crippen molar-refractivity contribution in [2.24, 2.45) is 15.9 Å². The number of rotatable bonds is 5. The zero-order chi connectivity index (χ0) is 31.2. The molecule has 47 heavy (non-hydrogen) atoms. The van der Waals surface area contributed by atoms with E-state index >= 15 is 0 Å². The van der Waals surface area contributed by atoms with Crippen LogP contribution in [0.3, 0.4) is 0 Å². The second-order valence-corrected chi connectivity index (χ2v) is 12.5. The van der Waals surface area contributed by atoms with Crippen molar-refractivity contribution in [1.82, 2.24) is 5.32 Å². The molecule has 5 aromatic carbocycles. The van der Waals surface area contributed by atoms with E-state index in [-0.39, 0.29) is 24.1 Å². The van der Waals surface area contributed by atoms with E-state index in [1.165, 1.54) is 38.6 Å². The Morgan fingerprint density at radius 2 is 1.38 bits per heavy atom. The Morgan fingerprint density at radius 3 is 2.21 bits per heavy atom. The van der Waals surface area contributed by atoms with Crippen molar-refractivity contribution in [2.45, 2.75) is 24.6 Å². The molecular weight excluding hydrogens is 574 g/mol. The van der Waals surface area contributed by atoms with Crippen LogP contribution in [-0.2, 0) is 0 Å². The summed E-state index contributed by atoms with van der Waals surface area (Å²) >= 11 is 0. The van der Waals surface area contributed by atoms with Crippen molar-refractivity contribution < 1.29 is 4.74 Å². The average molecular weight is 608 g/mol. The van der Waals surface area contributed by atoms with Gasteiger partial charge in [-0.1, -0.05) is 134 Å². The monoisotopic (exact) mass is 607 g/mol. The summed E-state index contributed by atoms with van der Waals surface area (Å²) in [6, 6.07) is 41.0. The highest BCUT2D eigenvalue weighted by Crippen LogP contribution is 2.48. The van der Waals surface area contributed by atoms with Crippen LogP contribution < -0.4 is 10.1 Å². The summed E-state index contributed by atoms with van der Waals surface area (Å²) in [6.07, 6.45) is 15.8. The van der Waals surface area contributed by atoms with E-state index in [0.717, 1.165) is 35.0 Å². The first-order chi connectivity index (χ1) is 23.3. The van der Waals surface area contributed by atoms with Crippen molar-refractivity contribution in [3.63, 3.8) is 0 Å². The predicted octanol–water partition coefficient (Wildman–Crippen LogP) is 9.58. The van der Waals surface area contributed by atoms with Gasteiger partial charge in [0.2, 0.25) is 0 Å². The minimum Gasteiger partial charge on any atom is -0.485 e. The number of para-hydroxylation sites is 1. The van der Waals surface area contributed by atoms with Gasteiger partial charge in [0.25, 0.3) is 0 Å². The maximum Gasteiger partial charge on any atom is 0.169 e.